The standard InChI is InChI=1S/C47H66N6O10S/c1-8-30(4)42(50-44(59)36-19-14-16-23-52(36)39(55)20-13-10-15-24-53-40(56)21-22-41(53)57)46(60)51(7)37(29(2)3)27-38(63-32(6)54)45-49-35(28-64-45)43(58)48-34(25-31(5)47(61)62)26-33-17-11-9-12-18-33/h9,11-12,17-18,21-22,28-31,34,36-38,42H,8,10,13-16,19-20,23-27H2,1-7H3,(H,48,58)(H,50,59)(H,61,62)/t30-,31-,34+,36+,37?,38+,42-/m0/s1. The van der Waals surface area contributed by atoms with Crippen LogP contribution in [0.5, 0.6) is 0 Å². The van der Waals surface area contributed by atoms with Crippen molar-refractivity contribution in [3.63, 3.8) is 0 Å². The van der Waals surface area contributed by atoms with Crippen LogP contribution in [0.15, 0.2) is 47.9 Å². The summed E-state index contributed by atoms with van der Waals surface area (Å²) in [5, 5.41) is 17.5. The fourth-order valence-electron chi connectivity index (χ4n) is 8.25. The summed E-state index contributed by atoms with van der Waals surface area (Å²) in [6, 6.07) is 6.80. The third-order valence-corrected chi connectivity index (χ3v) is 13.1. The maximum Gasteiger partial charge on any atom is 0.306 e. The molecule has 350 valence electrons. The van der Waals surface area contributed by atoms with Crippen LogP contribution in [0.4, 0.5) is 0 Å². The van der Waals surface area contributed by atoms with E-state index in [0.29, 0.717) is 50.1 Å². The first-order valence-corrected chi connectivity index (χ1v) is 23.4. The summed E-state index contributed by atoms with van der Waals surface area (Å²) in [5.74, 6) is -4.70. The first-order chi connectivity index (χ1) is 30.4. The van der Waals surface area contributed by atoms with E-state index in [0.717, 1.165) is 29.7 Å². The van der Waals surface area contributed by atoms with Gasteiger partial charge in [-0.25, -0.2) is 4.98 Å². The number of carboxylic acid groups (broad SMARTS) is 1. The van der Waals surface area contributed by atoms with E-state index in [2.05, 4.69) is 15.6 Å². The lowest BCUT2D eigenvalue weighted by molar-refractivity contribution is -0.149. The number of piperidine rings is 1. The molecular weight excluding hydrogens is 841 g/mol. The number of carbonyl (C=O) groups is 8. The smallest absolute Gasteiger partial charge is 0.306 e. The number of likely N-dealkylation sites (N-methyl/N-ethyl adjacent to an activating group) is 1. The highest BCUT2D eigenvalue weighted by atomic mass is 32.1. The van der Waals surface area contributed by atoms with Gasteiger partial charge in [0.15, 0.2) is 6.10 Å². The summed E-state index contributed by atoms with van der Waals surface area (Å²) >= 11 is 1.14. The molecule has 0 saturated carbocycles. The van der Waals surface area contributed by atoms with Crippen LogP contribution in [-0.4, -0.2) is 116 Å². The summed E-state index contributed by atoms with van der Waals surface area (Å²) in [7, 11) is 1.66. The molecule has 3 heterocycles. The molecule has 0 spiro atoms. The Balaban J connectivity index is 1.44. The summed E-state index contributed by atoms with van der Waals surface area (Å²) in [5.41, 5.74) is 1.02. The number of carbonyl (C=O) groups excluding carboxylic acids is 7. The Bertz CT molecular complexity index is 1970. The van der Waals surface area contributed by atoms with E-state index in [1.54, 1.807) is 29.2 Å². The zero-order valence-electron chi connectivity index (χ0n) is 38.2. The van der Waals surface area contributed by atoms with Crippen molar-refractivity contribution in [2.45, 2.75) is 142 Å². The maximum atomic E-state index is 14.5. The third-order valence-electron chi connectivity index (χ3n) is 12.2. The molecule has 1 fully saturated rings. The van der Waals surface area contributed by atoms with Crippen molar-refractivity contribution in [3.05, 3.63) is 64.1 Å². The van der Waals surface area contributed by atoms with Gasteiger partial charge in [-0.3, -0.25) is 43.3 Å². The Labute approximate surface area is 380 Å². The highest BCUT2D eigenvalue weighted by molar-refractivity contribution is 7.09. The molecule has 17 heteroatoms. The van der Waals surface area contributed by atoms with Gasteiger partial charge in [0.05, 0.1) is 5.92 Å². The van der Waals surface area contributed by atoms with Crippen molar-refractivity contribution >= 4 is 58.7 Å². The Kier molecular flexibility index (Phi) is 19.6. The number of ether oxygens (including phenoxy) is 1. The number of rotatable bonds is 24. The molecule has 0 bridgehead atoms. The number of benzene rings is 1. The molecule has 64 heavy (non-hydrogen) atoms. The number of nitrogens with one attached hydrogen (secondary N) is 2. The van der Waals surface area contributed by atoms with Crippen LogP contribution in [0.3, 0.4) is 0 Å². The van der Waals surface area contributed by atoms with Gasteiger partial charge in [-0.2, -0.15) is 0 Å². The molecule has 3 N–H and O–H groups in total. The number of nitrogens with zero attached hydrogens (tertiary/aromatic N) is 4. The van der Waals surface area contributed by atoms with Crippen molar-refractivity contribution in [1.82, 2.24) is 30.3 Å². The molecule has 1 aromatic carbocycles. The predicted octanol–water partition coefficient (Wildman–Crippen LogP) is 5.47. The number of esters is 1. The van der Waals surface area contributed by atoms with E-state index >= 15 is 0 Å². The van der Waals surface area contributed by atoms with Gasteiger partial charge in [-0.05, 0) is 62.3 Å². The van der Waals surface area contributed by atoms with E-state index in [1.165, 1.54) is 24.0 Å². The van der Waals surface area contributed by atoms with Crippen LogP contribution >= 0.6 is 11.3 Å². The summed E-state index contributed by atoms with van der Waals surface area (Å²) in [6.07, 6.45) is 6.83. The molecule has 2 aliphatic heterocycles. The first-order valence-electron chi connectivity index (χ1n) is 22.5. The van der Waals surface area contributed by atoms with E-state index in [4.69, 9.17) is 4.74 Å². The number of likely N-dealkylation sites (tertiary alicyclic amines) is 1. The molecule has 4 rings (SSSR count). The van der Waals surface area contributed by atoms with Gasteiger partial charge in [0.25, 0.3) is 17.7 Å². The van der Waals surface area contributed by atoms with Crippen LogP contribution in [0.2, 0.25) is 0 Å². The van der Waals surface area contributed by atoms with Gasteiger partial charge >= 0.3 is 11.9 Å². The molecule has 0 radical (unpaired) electrons. The second-order valence-electron chi connectivity index (χ2n) is 17.4. The Morgan fingerprint density at radius 2 is 1.64 bits per heavy atom. The summed E-state index contributed by atoms with van der Waals surface area (Å²) in [4.78, 5) is 113. The zero-order chi connectivity index (χ0) is 47.1. The normalized spacial score (nSPS) is 17.9. The molecule has 2 aromatic rings. The van der Waals surface area contributed by atoms with Gasteiger partial charge in [-0.1, -0.05) is 77.8 Å². The number of thiazole rings is 1. The lowest BCUT2D eigenvalue weighted by Gasteiger charge is -2.39. The Morgan fingerprint density at radius 3 is 2.27 bits per heavy atom. The van der Waals surface area contributed by atoms with Gasteiger partial charge < -0.3 is 30.3 Å². The van der Waals surface area contributed by atoms with Gasteiger partial charge in [0.2, 0.25) is 17.7 Å². The van der Waals surface area contributed by atoms with Gasteiger partial charge in [-0.15, -0.1) is 11.3 Å². The highest BCUT2D eigenvalue weighted by Crippen LogP contribution is 2.31. The third kappa shape index (κ3) is 14.5. The van der Waals surface area contributed by atoms with Crippen molar-refractivity contribution in [2.75, 3.05) is 20.1 Å². The molecule has 1 saturated heterocycles. The average molecular weight is 907 g/mol. The largest absolute Gasteiger partial charge is 0.481 e. The van der Waals surface area contributed by atoms with Crippen LogP contribution < -0.4 is 10.6 Å². The molecular formula is C47H66N6O10S. The van der Waals surface area contributed by atoms with E-state index in [9.17, 15) is 43.5 Å². The second-order valence-corrected chi connectivity index (χ2v) is 18.3. The molecule has 0 aliphatic carbocycles. The van der Waals surface area contributed by atoms with Crippen molar-refractivity contribution in [3.8, 4) is 0 Å². The first kappa shape index (κ1) is 51.2. The Hall–Kier alpha value is -5.45. The molecule has 7 atom stereocenters. The van der Waals surface area contributed by atoms with Crippen LogP contribution in [0, 0.1) is 17.8 Å². The maximum absolute atomic E-state index is 14.5. The van der Waals surface area contributed by atoms with Crippen LogP contribution in [-0.2, 0) is 44.7 Å². The van der Waals surface area contributed by atoms with Crippen LogP contribution in [0.25, 0.3) is 0 Å². The van der Waals surface area contributed by atoms with Gasteiger partial charge in [0, 0.05) is 69.5 Å². The topological polar surface area (TPSA) is 213 Å². The lowest BCUT2D eigenvalue weighted by Crippen LogP contribution is -2.59. The quantitative estimate of drug-likeness (QED) is 0.0683. The average Bonchev–Trinajstić information content (AvgIpc) is 3.89. The van der Waals surface area contributed by atoms with Crippen molar-refractivity contribution in [2.24, 2.45) is 17.8 Å². The number of hydrogen-bond acceptors (Lipinski definition) is 11. The molecule has 6 amide bonds. The Morgan fingerprint density at radius 1 is 0.953 bits per heavy atom. The minimum absolute atomic E-state index is 0.0872. The fourth-order valence-corrected chi connectivity index (χ4v) is 9.09. The number of hydrogen-bond donors (Lipinski definition) is 3. The van der Waals surface area contributed by atoms with E-state index < -0.39 is 59.9 Å². The summed E-state index contributed by atoms with van der Waals surface area (Å²) in [6.45, 7) is 11.3. The number of aliphatic carboxylic acids is 1. The molecule has 1 aromatic heterocycles. The van der Waals surface area contributed by atoms with E-state index in [-0.39, 0.29) is 67.0 Å². The number of amides is 6. The number of carboxylic acids is 1. The van der Waals surface area contributed by atoms with Crippen LogP contribution in [0.1, 0.15) is 133 Å². The number of imide groups is 1. The summed E-state index contributed by atoms with van der Waals surface area (Å²) < 4.78 is 5.79. The second kappa shape index (κ2) is 24.6. The van der Waals surface area contributed by atoms with E-state index in [1.807, 2.05) is 58.0 Å². The molecule has 1 unspecified atom stereocenters. The lowest BCUT2D eigenvalue weighted by atomic mass is 9.92. The minimum atomic E-state index is -0.969. The van der Waals surface area contributed by atoms with Crippen molar-refractivity contribution < 1.29 is 48.2 Å². The zero-order valence-corrected chi connectivity index (χ0v) is 39.1. The number of aromatic nitrogens is 1. The predicted molar refractivity (Wildman–Crippen MR) is 241 cm³/mol. The fraction of sp³-hybridized carbons (Fsp3) is 0.596. The van der Waals surface area contributed by atoms with Gasteiger partial charge in [0.1, 0.15) is 22.8 Å². The minimum Gasteiger partial charge on any atom is -0.481 e. The molecule has 16 nitrogen and oxygen atoms in total. The van der Waals surface area contributed by atoms with Crippen molar-refractivity contribution in [1.29, 1.82) is 0 Å². The SMILES string of the molecule is CC[C@H](C)[C@H](NC(=O)[C@H]1CCCCN1C(=O)CCCCCN1C(=O)C=CC1=O)C(=O)N(C)C(C[C@@H](OC(C)=O)c1nc(C(=O)N[C@@H](Cc2ccccc2)C[C@H](C)C(=O)O)cs1)C(C)C. The monoisotopic (exact) mass is 906 g/mol. The highest BCUT2D eigenvalue weighted by Gasteiger charge is 2.39. The number of unbranched alkanes of at least 4 members (excludes halogenated alkanes) is 2. The molecule has 2 aliphatic rings.